The van der Waals surface area contributed by atoms with E-state index in [4.69, 9.17) is 14.2 Å². The minimum absolute atomic E-state index is 0.0792. The Labute approximate surface area is 130 Å². The summed E-state index contributed by atoms with van der Waals surface area (Å²) in [5.74, 6) is 0.520. The zero-order chi connectivity index (χ0) is 16.2. The summed E-state index contributed by atoms with van der Waals surface area (Å²) in [7, 11) is 3.08. The van der Waals surface area contributed by atoms with Crippen LogP contribution in [0.4, 0.5) is 0 Å². The van der Waals surface area contributed by atoms with Crippen molar-refractivity contribution in [3.05, 3.63) is 23.8 Å². The van der Waals surface area contributed by atoms with Crippen LogP contribution >= 0.6 is 0 Å². The van der Waals surface area contributed by atoms with Crippen LogP contribution in [0.15, 0.2) is 18.2 Å². The van der Waals surface area contributed by atoms with Gasteiger partial charge in [-0.3, -0.25) is 9.59 Å². The maximum Gasteiger partial charge on any atom is 0.324 e. The van der Waals surface area contributed by atoms with E-state index in [0.29, 0.717) is 29.9 Å². The third kappa shape index (κ3) is 2.67. The Kier molecular flexibility index (Phi) is 5.06. The molecule has 0 saturated heterocycles. The second-order valence-corrected chi connectivity index (χ2v) is 5.33. The van der Waals surface area contributed by atoms with E-state index in [1.54, 1.807) is 32.2 Å². The molecular weight excluding hydrogens is 284 g/mol. The Hall–Kier alpha value is -2.04. The highest BCUT2D eigenvalue weighted by atomic mass is 16.5. The molecule has 1 unspecified atom stereocenters. The average molecular weight is 306 g/mol. The summed E-state index contributed by atoms with van der Waals surface area (Å²) < 4.78 is 15.7. The van der Waals surface area contributed by atoms with Crippen molar-refractivity contribution >= 4 is 11.8 Å². The molecule has 0 heterocycles. The maximum absolute atomic E-state index is 12.6. The minimum Gasteiger partial charge on any atom is -0.493 e. The van der Waals surface area contributed by atoms with E-state index >= 15 is 0 Å². The van der Waals surface area contributed by atoms with Crippen LogP contribution in [0.1, 0.15) is 38.2 Å². The van der Waals surface area contributed by atoms with Gasteiger partial charge in [0.2, 0.25) is 0 Å². The molecule has 0 bridgehead atoms. The van der Waals surface area contributed by atoms with E-state index in [1.807, 2.05) is 0 Å². The largest absolute Gasteiger partial charge is 0.493 e. The molecule has 5 heteroatoms. The van der Waals surface area contributed by atoms with Crippen LogP contribution < -0.4 is 9.47 Å². The molecule has 1 saturated carbocycles. The third-order valence-electron chi connectivity index (χ3n) is 4.18. The fourth-order valence-corrected chi connectivity index (χ4v) is 3.02. The normalized spacial score (nSPS) is 21.3. The van der Waals surface area contributed by atoms with Gasteiger partial charge < -0.3 is 14.2 Å². The molecule has 22 heavy (non-hydrogen) atoms. The van der Waals surface area contributed by atoms with Crippen LogP contribution in [0.5, 0.6) is 11.5 Å². The number of esters is 1. The van der Waals surface area contributed by atoms with E-state index < -0.39 is 11.4 Å². The molecule has 1 aliphatic carbocycles. The first-order valence-electron chi connectivity index (χ1n) is 7.53. The third-order valence-corrected chi connectivity index (χ3v) is 4.18. The summed E-state index contributed by atoms with van der Waals surface area (Å²) in [6.07, 6.45) is 2.50. The molecule has 1 fully saturated rings. The summed E-state index contributed by atoms with van der Waals surface area (Å²) in [5.41, 5.74) is -0.596. The van der Waals surface area contributed by atoms with Gasteiger partial charge in [0.15, 0.2) is 22.7 Å². The Morgan fingerprint density at radius 3 is 2.50 bits per heavy atom. The van der Waals surface area contributed by atoms with E-state index in [9.17, 15) is 9.59 Å². The summed E-state index contributed by atoms with van der Waals surface area (Å²) >= 11 is 0. The number of hydrogen-bond donors (Lipinski definition) is 0. The lowest BCUT2D eigenvalue weighted by molar-refractivity contribution is -0.155. The molecule has 0 spiro atoms. The predicted octanol–water partition coefficient (Wildman–Crippen LogP) is 2.65. The van der Waals surface area contributed by atoms with Crippen molar-refractivity contribution in [2.24, 2.45) is 0 Å². The van der Waals surface area contributed by atoms with Gasteiger partial charge in [0, 0.05) is 6.42 Å². The Bertz CT molecular complexity index is 566. The minimum atomic E-state index is -1.21. The molecule has 1 aromatic rings. The fraction of sp³-hybridized carbons (Fsp3) is 0.529. The molecule has 1 atom stereocenters. The fourth-order valence-electron chi connectivity index (χ4n) is 3.02. The van der Waals surface area contributed by atoms with Crippen molar-refractivity contribution in [3.8, 4) is 11.5 Å². The molecule has 0 N–H and O–H groups in total. The van der Waals surface area contributed by atoms with Gasteiger partial charge in [-0.1, -0.05) is 12.5 Å². The average Bonchev–Trinajstić information content (AvgIpc) is 2.55. The lowest BCUT2D eigenvalue weighted by Crippen LogP contribution is -2.47. The summed E-state index contributed by atoms with van der Waals surface area (Å²) in [6.45, 7) is 1.99. The summed E-state index contributed by atoms with van der Waals surface area (Å²) in [5, 5.41) is 0. The topological polar surface area (TPSA) is 61.8 Å². The molecular formula is C17H22O5. The van der Waals surface area contributed by atoms with Gasteiger partial charge in [0.1, 0.15) is 0 Å². The molecule has 0 aromatic heterocycles. The molecule has 1 aliphatic rings. The van der Waals surface area contributed by atoms with Gasteiger partial charge in [0.25, 0.3) is 0 Å². The van der Waals surface area contributed by atoms with Crippen molar-refractivity contribution < 1.29 is 23.8 Å². The number of ketones is 1. The van der Waals surface area contributed by atoms with E-state index in [1.165, 1.54) is 7.11 Å². The zero-order valence-corrected chi connectivity index (χ0v) is 13.3. The molecule has 5 nitrogen and oxygen atoms in total. The van der Waals surface area contributed by atoms with Crippen LogP contribution in [-0.4, -0.2) is 32.6 Å². The van der Waals surface area contributed by atoms with Crippen molar-refractivity contribution in [2.75, 3.05) is 20.8 Å². The molecule has 2 rings (SSSR count). The Balaban J connectivity index is 2.54. The highest BCUT2D eigenvalue weighted by molar-refractivity contribution is 6.10. The standard InChI is InChI=1S/C17H22O5/c1-4-22-16(19)17(10-6-5-7-15(17)18)12-8-9-13(20-2)14(11-12)21-3/h8-9,11H,4-7,10H2,1-3H3. The van der Waals surface area contributed by atoms with E-state index in [-0.39, 0.29) is 12.4 Å². The number of methoxy groups -OCH3 is 2. The van der Waals surface area contributed by atoms with Crippen molar-refractivity contribution in [2.45, 2.75) is 38.0 Å². The van der Waals surface area contributed by atoms with E-state index in [2.05, 4.69) is 0 Å². The number of carbonyl (C=O) groups excluding carboxylic acids is 2. The van der Waals surface area contributed by atoms with Crippen molar-refractivity contribution in [3.63, 3.8) is 0 Å². The molecule has 0 amide bonds. The smallest absolute Gasteiger partial charge is 0.324 e. The lowest BCUT2D eigenvalue weighted by atomic mass is 9.68. The summed E-state index contributed by atoms with van der Waals surface area (Å²) in [6, 6.07) is 5.18. The van der Waals surface area contributed by atoms with Crippen LogP contribution in [0.2, 0.25) is 0 Å². The quantitative estimate of drug-likeness (QED) is 0.618. The molecule has 1 aromatic carbocycles. The van der Waals surface area contributed by atoms with E-state index in [0.717, 1.165) is 12.8 Å². The predicted molar refractivity (Wildman–Crippen MR) is 81.3 cm³/mol. The Morgan fingerprint density at radius 1 is 1.18 bits per heavy atom. The number of carbonyl (C=O) groups is 2. The Morgan fingerprint density at radius 2 is 1.91 bits per heavy atom. The SMILES string of the molecule is CCOC(=O)C1(c2ccc(OC)c(OC)c2)CCCCC1=O. The zero-order valence-electron chi connectivity index (χ0n) is 13.3. The van der Waals surface area contributed by atoms with Crippen molar-refractivity contribution in [1.82, 2.24) is 0 Å². The first-order chi connectivity index (χ1) is 10.6. The number of ether oxygens (including phenoxy) is 3. The monoisotopic (exact) mass is 306 g/mol. The van der Waals surface area contributed by atoms with Gasteiger partial charge in [-0.25, -0.2) is 0 Å². The van der Waals surface area contributed by atoms with Gasteiger partial charge in [-0.2, -0.15) is 0 Å². The van der Waals surface area contributed by atoms with Gasteiger partial charge in [0.05, 0.1) is 20.8 Å². The van der Waals surface area contributed by atoms with Gasteiger partial charge in [-0.15, -0.1) is 0 Å². The number of Topliss-reactive ketones (excluding diaryl/α,β-unsaturated/α-hetero) is 1. The highest BCUT2D eigenvalue weighted by Crippen LogP contribution is 2.41. The van der Waals surface area contributed by atoms with Gasteiger partial charge in [-0.05, 0) is 37.5 Å². The number of rotatable bonds is 5. The van der Waals surface area contributed by atoms with Crippen LogP contribution in [0, 0.1) is 0 Å². The highest BCUT2D eigenvalue weighted by Gasteiger charge is 2.49. The first-order valence-corrected chi connectivity index (χ1v) is 7.53. The molecule has 0 radical (unpaired) electrons. The molecule has 120 valence electrons. The second kappa shape index (κ2) is 6.81. The van der Waals surface area contributed by atoms with Crippen LogP contribution in [0.3, 0.4) is 0 Å². The lowest BCUT2D eigenvalue weighted by Gasteiger charge is -2.34. The maximum atomic E-state index is 12.6. The summed E-state index contributed by atoms with van der Waals surface area (Å²) in [4.78, 5) is 25.2. The van der Waals surface area contributed by atoms with Crippen LogP contribution in [-0.2, 0) is 19.7 Å². The van der Waals surface area contributed by atoms with Crippen LogP contribution in [0.25, 0.3) is 0 Å². The first kappa shape index (κ1) is 16.3. The molecule has 0 aliphatic heterocycles. The van der Waals surface area contributed by atoms with Gasteiger partial charge >= 0.3 is 5.97 Å². The second-order valence-electron chi connectivity index (χ2n) is 5.33. The van der Waals surface area contributed by atoms with Crippen molar-refractivity contribution in [1.29, 1.82) is 0 Å². The number of hydrogen-bond acceptors (Lipinski definition) is 5. The number of benzene rings is 1.